The average Bonchev–Trinajstić information content (AvgIpc) is 3.07. The lowest BCUT2D eigenvalue weighted by Crippen LogP contribution is -2.30. The highest BCUT2D eigenvalue weighted by Gasteiger charge is 2.17. The van der Waals surface area contributed by atoms with Gasteiger partial charge in [-0.05, 0) is 58.0 Å². The second kappa shape index (κ2) is 15.6. The summed E-state index contributed by atoms with van der Waals surface area (Å²) in [6.07, 6.45) is 0. The van der Waals surface area contributed by atoms with Gasteiger partial charge in [0.15, 0.2) is 23.0 Å². The molecule has 0 saturated carbocycles. The zero-order valence-corrected chi connectivity index (χ0v) is 24.2. The van der Waals surface area contributed by atoms with Crippen LogP contribution in [0.5, 0.6) is 23.0 Å². The van der Waals surface area contributed by atoms with Gasteiger partial charge >= 0.3 is 7.12 Å². The molecule has 0 aliphatic carbocycles. The number of nitriles is 2. The summed E-state index contributed by atoms with van der Waals surface area (Å²) >= 11 is 5.67. The maximum atomic E-state index is 9.32. The van der Waals surface area contributed by atoms with Crippen LogP contribution in [-0.4, -0.2) is 53.8 Å². The minimum Gasteiger partial charge on any atom is -0.486 e. The first-order valence-electron chi connectivity index (χ1n) is 13.5. The fourth-order valence-corrected chi connectivity index (χ4v) is 4.60. The van der Waals surface area contributed by atoms with Crippen molar-refractivity contribution in [2.24, 2.45) is 0 Å². The number of ether oxygens (including phenoxy) is 4. The molecule has 224 valence electrons. The molecule has 6 rings (SSSR count). The number of hydrogen-bond donors (Lipinski definition) is 4. The Morgan fingerprint density at radius 3 is 1.73 bits per heavy atom. The highest BCUT2D eigenvalue weighted by molar-refractivity contribution is 6.58. The van der Waals surface area contributed by atoms with Crippen LogP contribution in [0.2, 0.25) is 5.02 Å². The van der Waals surface area contributed by atoms with E-state index in [0.29, 0.717) is 76.4 Å². The van der Waals surface area contributed by atoms with E-state index in [-0.39, 0.29) is 13.2 Å². The van der Waals surface area contributed by atoms with Crippen LogP contribution in [0.3, 0.4) is 0 Å². The Morgan fingerprint density at radius 2 is 1.18 bits per heavy atom. The molecule has 4 N–H and O–H groups in total. The predicted octanol–water partition coefficient (Wildman–Crippen LogP) is 3.33. The molecule has 4 aromatic rings. The zero-order chi connectivity index (χ0) is 31.5. The van der Waals surface area contributed by atoms with E-state index in [0.717, 1.165) is 16.9 Å². The van der Waals surface area contributed by atoms with Crippen LogP contribution in [0.25, 0.3) is 11.1 Å². The third kappa shape index (κ3) is 7.80. The van der Waals surface area contributed by atoms with Gasteiger partial charge in [-0.15, -0.1) is 0 Å². The Bertz CT molecular complexity index is 1690. The number of halogens is 1. The summed E-state index contributed by atoms with van der Waals surface area (Å²) in [6.45, 7) is 1.81. The molecule has 2 heterocycles. The Hall–Kier alpha value is -4.75. The molecule has 0 unspecified atom stereocenters. The number of rotatable bonds is 4. The second-order valence-electron chi connectivity index (χ2n) is 9.29. The van der Waals surface area contributed by atoms with E-state index in [1.807, 2.05) is 36.4 Å². The Balaban J connectivity index is 0.000000160. The summed E-state index contributed by atoms with van der Waals surface area (Å²) in [7, 11) is -1.46. The Kier molecular flexibility index (Phi) is 11.4. The SMILES string of the molecule is N#Cc1c(CO)cccc1-c1ccc2c(c1)OCCO2.N#Cc1c(Cl)cccc1CO.OB(O)c1ccc2c(c1)OCCO2. The third-order valence-electron chi connectivity index (χ3n) is 6.53. The number of benzene rings is 4. The molecule has 10 nitrogen and oxygen atoms in total. The van der Waals surface area contributed by atoms with Gasteiger partial charge in [-0.1, -0.05) is 54.1 Å². The number of fused-ring (bicyclic) bond motifs is 2. The average molecular weight is 615 g/mol. The van der Waals surface area contributed by atoms with Gasteiger partial charge in [-0.3, -0.25) is 0 Å². The molecule has 0 aromatic heterocycles. The van der Waals surface area contributed by atoms with Crippen molar-refractivity contribution < 1.29 is 39.2 Å². The van der Waals surface area contributed by atoms with Crippen LogP contribution >= 0.6 is 11.6 Å². The fourth-order valence-electron chi connectivity index (χ4n) is 4.36. The summed E-state index contributed by atoms with van der Waals surface area (Å²) in [5.41, 5.74) is 4.12. The van der Waals surface area contributed by atoms with Gasteiger partial charge in [-0.2, -0.15) is 10.5 Å². The topological polar surface area (TPSA) is 165 Å². The molecule has 44 heavy (non-hydrogen) atoms. The smallest absolute Gasteiger partial charge is 0.486 e. The molecule has 0 amide bonds. The lowest BCUT2D eigenvalue weighted by molar-refractivity contribution is 0.171. The van der Waals surface area contributed by atoms with Crippen LogP contribution in [0, 0.1) is 22.7 Å². The maximum absolute atomic E-state index is 9.32. The van der Waals surface area contributed by atoms with Crippen molar-refractivity contribution in [1.82, 2.24) is 0 Å². The summed E-state index contributed by atoms with van der Waals surface area (Å²) in [5, 5.41) is 54.1. The number of nitrogens with zero attached hydrogens (tertiary/aromatic N) is 2. The van der Waals surface area contributed by atoms with Crippen LogP contribution < -0.4 is 24.4 Å². The molecule has 12 heteroatoms. The third-order valence-corrected chi connectivity index (χ3v) is 6.85. The second-order valence-corrected chi connectivity index (χ2v) is 9.70. The van der Waals surface area contributed by atoms with Gasteiger partial charge in [0.05, 0.1) is 29.4 Å². The van der Waals surface area contributed by atoms with Crippen LogP contribution in [0.15, 0.2) is 72.8 Å². The van der Waals surface area contributed by atoms with Gasteiger partial charge in [0.1, 0.15) is 38.6 Å². The Labute approximate surface area is 259 Å². The van der Waals surface area contributed by atoms with Gasteiger partial charge in [0.2, 0.25) is 0 Å². The van der Waals surface area contributed by atoms with Gasteiger partial charge < -0.3 is 39.2 Å². The molecular weight excluding hydrogens is 587 g/mol. The molecule has 0 saturated heterocycles. The summed E-state index contributed by atoms with van der Waals surface area (Å²) < 4.78 is 21.6. The first kappa shape index (κ1) is 32.2. The minimum atomic E-state index is -1.46. The van der Waals surface area contributed by atoms with Crippen molar-refractivity contribution >= 4 is 24.2 Å². The maximum Gasteiger partial charge on any atom is 0.488 e. The van der Waals surface area contributed by atoms with Crippen molar-refractivity contribution in [2.75, 3.05) is 26.4 Å². The molecule has 0 spiro atoms. The fraction of sp³-hybridized carbons (Fsp3) is 0.188. The highest BCUT2D eigenvalue weighted by Crippen LogP contribution is 2.36. The van der Waals surface area contributed by atoms with Crippen LogP contribution in [0.1, 0.15) is 22.3 Å². The molecule has 0 radical (unpaired) electrons. The number of hydrogen-bond acceptors (Lipinski definition) is 10. The highest BCUT2D eigenvalue weighted by atomic mass is 35.5. The van der Waals surface area contributed by atoms with E-state index < -0.39 is 7.12 Å². The van der Waals surface area contributed by atoms with E-state index in [1.165, 1.54) is 0 Å². The van der Waals surface area contributed by atoms with Crippen molar-refractivity contribution in [3.63, 3.8) is 0 Å². The summed E-state index contributed by atoms with van der Waals surface area (Å²) in [5.74, 6) is 2.62. The van der Waals surface area contributed by atoms with E-state index in [1.54, 1.807) is 42.5 Å². The van der Waals surface area contributed by atoms with Gasteiger partial charge in [-0.25, -0.2) is 0 Å². The predicted molar refractivity (Wildman–Crippen MR) is 163 cm³/mol. The van der Waals surface area contributed by atoms with Crippen molar-refractivity contribution in [3.8, 4) is 46.3 Å². The minimum absolute atomic E-state index is 0.149. The van der Waals surface area contributed by atoms with E-state index in [9.17, 15) is 10.4 Å². The molecule has 0 atom stereocenters. The number of aliphatic hydroxyl groups is 2. The summed E-state index contributed by atoms with van der Waals surface area (Å²) in [6, 6.07) is 25.0. The van der Waals surface area contributed by atoms with E-state index in [2.05, 4.69) is 6.07 Å². The van der Waals surface area contributed by atoms with Crippen molar-refractivity contribution in [2.45, 2.75) is 13.2 Å². The molecule has 2 aliphatic rings. The van der Waals surface area contributed by atoms with E-state index >= 15 is 0 Å². The first-order chi connectivity index (χ1) is 21.4. The van der Waals surface area contributed by atoms with Crippen molar-refractivity contribution in [1.29, 1.82) is 10.5 Å². The first-order valence-corrected chi connectivity index (χ1v) is 13.8. The summed E-state index contributed by atoms with van der Waals surface area (Å²) in [4.78, 5) is 0. The van der Waals surface area contributed by atoms with Gasteiger partial charge in [0.25, 0.3) is 0 Å². The zero-order valence-electron chi connectivity index (χ0n) is 23.4. The molecule has 0 bridgehead atoms. The number of aliphatic hydroxyl groups excluding tert-OH is 2. The molecular formula is C32H28BClN2O8. The normalized spacial score (nSPS) is 12.2. The molecule has 0 fully saturated rings. The van der Waals surface area contributed by atoms with Crippen LogP contribution in [-0.2, 0) is 13.2 Å². The Morgan fingerprint density at radius 1 is 0.659 bits per heavy atom. The standard InChI is InChI=1S/C16H13NO3.C8H9BO4.C8H6ClNO/c17-9-14-12(10-18)2-1-3-13(14)11-4-5-15-16(8-11)20-7-6-19-15;10-9(11)6-1-2-7-8(5-6)13-4-3-12-7;9-8-3-1-2-6(5-11)7(8)4-10/h1-5,8,18H,6-7,10H2;1-2,5,10-11H,3-4H2;1-3,11H,5H2. The quantitative estimate of drug-likeness (QED) is 0.251. The lowest BCUT2D eigenvalue weighted by atomic mass is 9.80. The van der Waals surface area contributed by atoms with Gasteiger partial charge in [0, 0.05) is 0 Å². The largest absolute Gasteiger partial charge is 0.488 e. The molecule has 2 aliphatic heterocycles. The van der Waals surface area contributed by atoms with E-state index in [4.69, 9.17) is 51.0 Å². The van der Waals surface area contributed by atoms with Crippen LogP contribution in [0.4, 0.5) is 0 Å². The van der Waals surface area contributed by atoms with Crippen molar-refractivity contribution in [3.05, 3.63) is 100 Å². The molecule has 4 aromatic carbocycles. The lowest BCUT2D eigenvalue weighted by Gasteiger charge is -2.19. The monoisotopic (exact) mass is 614 g/mol.